The van der Waals surface area contributed by atoms with Gasteiger partial charge in [-0.1, -0.05) is 13.8 Å². The van der Waals surface area contributed by atoms with E-state index in [0.717, 1.165) is 13.1 Å². The molecule has 1 atom stereocenters. The molecule has 1 aliphatic rings. The summed E-state index contributed by atoms with van der Waals surface area (Å²) in [4.78, 5) is 29.2. The first-order valence-corrected chi connectivity index (χ1v) is 9.70. The summed E-state index contributed by atoms with van der Waals surface area (Å²) in [6, 6.07) is 7.75. The molecule has 7 heteroatoms. The van der Waals surface area contributed by atoms with E-state index in [1.807, 2.05) is 13.8 Å². The predicted octanol–water partition coefficient (Wildman–Crippen LogP) is 3.49. The fourth-order valence-electron chi connectivity index (χ4n) is 3.56. The molecule has 29 heavy (non-hydrogen) atoms. The quantitative estimate of drug-likeness (QED) is 0.438. The van der Waals surface area contributed by atoms with Crippen LogP contribution in [0.2, 0.25) is 0 Å². The minimum atomic E-state index is -0.829. The van der Waals surface area contributed by atoms with Crippen LogP contribution in [-0.2, 0) is 9.59 Å². The minimum Gasteiger partial charge on any atom is -0.507 e. The molecule has 1 saturated heterocycles. The van der Waals surface area contributed by atoms with E-state index in [2.05, 4.69) is 4.90 Å². The molecule has 0 saturated carbocycles. The van der Waals surface area contributed by atoms with Crippen LogP contribution in [0.1, 0.15) is 37.0 Å². The van der Waals surface area contributed by atoms with Crippen LogP contribution in [-0.4, -0.2) is 52.8 Å². The number of likely N-dealkylation sites (tertiary alicyclic amines) is 1. The Balaban J connectivity index is 2.06. The first kappa shape index (κ1) is 20.8. The molecule has 1 amide bonds. The molecule has 0 radical (unpaired) electrons. The Morgan fingerprint density at radius 2 is 1.79 bits per heavy atom. The zero-order chi connectivity index (χ0) is 21.1. The van der Waals surface area contributed by atoms with Crippen molar-refractivity contribution in [2.75, 3.05) is 26.2 Å². The fourth-order valence-corrected chi connectivity index (χ4v) is 3.56. The van der Waals surface area contributed by atoms with E-state index in [-0.39, 0.29) is 16.9 Å². The Labute approximate surface area is 169 Å². The van der Waals surface area contributed by atoms with E-state index >= 15 is 0 Å². The number of aryl methyl sites for hydroxylation is 1. The van der Waals surface area contributed by atoms with E-state index in [1.165, 1.54) is 29.2 Å². The Kier molecular flexibility index (Phi) is 6.17. The van der Waals surface area contributed by atoms with Crippen molar-refractivity contribution in [2.24, 2.45) is 0 Å². The minimum absolute atomic E-state index is 0.0458. The number of nitrogens with zero attached hydrogens (tertiary/aromatic N) is 2. The summed E-state index contributed by atoms with van der Waals surface area (Å²) in [6.45, 7) is 8.37. The smallest absolute Gasteiger partial charge is 0.295 e. The summed E-state index contributed by atoms with van der Waals surface area (Å²) in [5.74, 6) is -1.21. The monoisotopic (exact) mass is 400 g/mol. The lowest BCUT2D eigenvalue weighted by molar-refractivity contribution is -0.140. The standard InChI is InChI=1S/C22H25FN2O4/c1-4-24(5-2)12-13-25-19(17-11-6-14(3)29-17)18(21(27)22(25)28)20(26)15-7-9-16(23)10-8-15/h6-11,19,26H,4-5,12-13H2,1-3H3/t19-/m0/s1. The van der Waals surface area contributed by atoms with Gasteiger partial charge in [0.1, 0.15) is 29.1 Å². The van der Waals surface area contributed by atoms with Gasteiger partial charge in [0.25, 0.3) is 11.7 Å². The molecule has 0 spiro atoms. The zero-order valence-corrected chi connectivity index (χ0v) is 16.8. The number of likely N-dealkylation sites (N-methyl/N-ethyl adjacent to an activating group) is 1. The van der Waals surface area contributed by atoms with Crippen molar-refractivity contribution in [3.63, 3.8) is 0 Å². The van der Waals surface area contributed by atoms with Gasteiger partial charge in [-0.05, 0) is 56.4 Å². The number of benzene rings is 1. The number of furan rings is 1. The number of halogens is 1. The van der Waals surface area contributed by atoms with E-state index in [1.54, 1.807) is 19.1 Å². The van der Waals surface area contributed by atoms with E-state index < -0.39 is 23.5 Å². The number of rotatable bonds is 7. The Bertz CT molecular complexity index is 929. The lowest BCUT2D eigenvalue weighted by atomic mass is 9.99. The number of amides is 1. The Morgan fingerprint density at radius 1 is 1.14 bits per heavy atom. The highest BCUT2D eigenvalue weighted by atomic mass is 19.1. The van der Waals surface area contributed by atoms with Gasteiger partial charge >= 0.3 is 0 Å². The Morgan fingerprint density at radius 3 is 2.34 bits per heavy atom. The van der Waals surface area contributed by atoms with Gasteiger partial charge in [0, 0.05) is 18.7 Å². The van der Waals surface area contributed by atoms with Crippen LogP contribution in [0.15, 0.2) is 46.4 Å². The first-order valence-electron chi connectivity index (χ1n) is 9.70. The maximum absolute atomic E-state index is 13.3. The predicted molar refractivity (Wildman–Crippen MR) is 107 cm³/mol. The van der Waals surface area contributed by atoms with Crippen molar-refractivity contribution in [1.29, 1.82) is 0 Å². The third-order valence-corrected chi connectivity index (χ3v) is 5.24. The third-order valence-electron chi connectivity index (χ3n) is 5.24. The summed E-state index contributed by atoms with van der Waals surface area (Å²) in [5, 5.41) is 10.8. The van der Waals surface area contributed by atoms with Crippen LogP contribution >= 0.6 is 0 Å². The molecule has 0 unspecified atom stereocenters. The van der Waals surface area contributed by atoms with Crippen molar-refractivity contribution in [2.45, 2.75) is 26.8 Å². The van der Waals surface area contributed by atoms with Crippen molar-refractivity contribution in [1.82, 2.24) is 9.80 Å². The highest BCUT2D eigenvalue weighted by Crippen LogP contribution is 2.39. The topological polar surface area (TPSA) is 74.0 Å². The van der Waals surface area contributed by atoms with Gasteiger partial charge in [0.15, 0.2) is 0 Å². The van der Waals surface area contributed by atoms with Gasteiger partial charge < -0.3 is 19.3 Å². The van der Waals surface area contributed by atoms with Gasteiger partial charge in [-0.25, -0.2) is 4.39 Å². The van der Waals surface area contributed by atoms with Gasteiger partial charge in [0.2, 0.25) is 0 Å². The lowest BCUT2D eigenvalue weighted by Crippen LogP contribution is -2.37. The summed E-state index contributed by atoms with van der Waals surface area (Å²) in [5.41, 5.74) is 0.219. The van der Waals surface area contributed by atoms with Crippen LogP contribution in [0, 0.1) is 12.7 Å². The molecule has 2 aromatic rings. The second kappa shape index (κ2) is 8.61. The van der Waals surface area contributed by atoms with Gasteiger partial charge in [-0.3, -0.25) is 9.59 Å². The molecule has 3 rings (SSSR count). The highest BCUT2D eigenvalue weighted by molar-refractivity contribution is 6.46. The van der Waals surface area contributed by atoms with Crippen molar-refractivity contribution in [3.8, 4) is 0 Å². The molecule has 2 heterocycles. The zero-order valence-electron chi connectivity index (χ0n) is 16.8. The van der Waals surface area contributed by atoms with E-state index in [9.17, 15) is 19.1 Å². The molecule has 0 aliphatic carbocycles. The Hall–Kier alpha value is -2.93. The number of hydrogen-bond donors (Lipinski definition) is 1. The summed E-state index contributed by atoms with van der Waals surface area (Å²) in [6.07, 6.45) is 0. The van der Waals surface area contributed by atoms with Crippen LogP contribution in [0.3, 0.4) is 0 Å². The molecule has 1 N–H and O–H groups in total. The van der Waals surface area contributed by atoms with Gasteiger partial charge in [0.05, 0.1) is 5.57 Å². The number of carbonyl (C=O) groups is 2. The molecule has 1 aromatic carbocycles. The summed E-state index contributed by atoms with van der Waals surface area (Å²) in [7, 11) is 0. The van der Waals surface area contributed by atoms with Gasteiger partial charge in [-0.2, -0.15) is 0 Å². The fraction of sp³-hybridized carbons (Fsp3) is 0.364. The average molecular weight is 400 g/mol. The van der Waals surface area contributed by atoms with Crippen molar-refractivity contribution >= 4 is 17.4 Å². The first-order chi connectivity index (χ1) is 13.9. The second-order valence-corrected chi connectivity index (χ2v) is 6.97. The van der Waals surface area contributed by atoms with E-state index in [4.69, 9.17) is 4.42 Å². The highest BCUT2D eigenvalue weighted by Gasteiger charge is 2.47. The number of ketones is 1. The SMILES string of the molecule is CCN(CC)CCN1C(=O)C(=O)C(=C(O)c2ccc(F)cc2)[C@@H]1c1ccc(C)o1. The number of hydrogen-bond acceptors (Lipinski definition) is 5. The number of aliphatic hydroxyl groups excluding tert-OH is 1. The van der Waals surface area contributed by atoms with Crippen LogP contribution in [0.4, 0.5) is 4.39 Å². The molecule has 1 fully saturated rings. The van der Waals surface area contributed by atoms with Crippen LogP contribution < -0.4 is 0 Å². The molecule has 0 bridgehead atoms. The number of Topliss-reactive ketones (excluding diaryl/α,β-unsaturated/α-hetero) is 1. The molecule has 154 valence electrons. The largest absolute Gasteiger partial charge is 0.507 e. The summed E-state index contributed by atoms with van der Waals surface area (Å²) >= 11 is 0. The summed E-state index contributed by atoms with van der Waals surface area (Å²) < 4.78 is 19.0. The third kappa shape index (κ3) is 4.10. The average Bonchev–Trinajstić information content (AvgIpc) is 3.24. The normalized spacial score (nSPS) is 18.8. The maximum atomic E-state index is 13.3. The van der Waals surface area contributed by atoms with Crippen LogP contribution in [0.5, 0.6) is 0 Å². The molecular weight excluding hydrogens is 375 g/mol. The van der Waals surface area contributed by atoms with Gasteiger partial charge in [-0.15, -0.1) is 0 Å². The van der Waals surface area contributed by atoms with Crippen molar-refractivity contribution < 1.29 is 23.5 Å². The van der Waals surface area contributed by atoms with E-state index in [0.29, 0.717) is 24.6 Å². The second-order valence-electron chi connectivity index (χ2n) is 6.97. The lowest BCUT2D eigenvalue weighted by Gasteiger charge is -2.26. The maximum Gasteiger partial charge on any atom is 0.295 e. The molecule has 1 aliphatic heterocycles. The molecule has 6 nitrogen and oxygen atoms in total. The van der Waals surface area contributed by atoms with Crippen molar-refractivity contribution in [3.05, 3.63) is 64.9 Å². The number of carbonyl (C=O) groups excluding carboxylic acids is 2. The van der Waals surface area contributed by atoms with Crippen LogP contribution in [0.25, 0.3) is 5.76 Å². The molecule has 1 aromatic heterocycles. The number of aliphatic hydroxyl groups is 1. The molecular formula is C22H25FN2O4.